The first-order valence-corrected chi connectivity index (χ1v) is 6.64. The van der Waals surface area contributed by atoms with E-state index in [9.17, 15) is 4.79 Å². The Morgan fingerprint density at radius 3 is 2.11 bits per heavy atom. The van der Waals surface area contributed by atoms with Crippen LogP contribution < -0.4 is 5.73 Å². The molecule has 2 N–H and O–H groups in total. The second-order valence-electron chi connectivity index (χ2n) is 5.42. The summed E-state index contributed by atoms with van der Waals surface area (Å²) in [5, 5.41) is 0. The Balaban J connectivity index is 2.83. The Morgan fingerprint density at radius 1 is 1.16 bits per heavy atom. The maximum absolute atomic E-state index is 12.1. The second-order valence-corrected chi connectivity index (χ2v) is 5.42. The van der Waals surface area contributed by atoms with Gasteiger partial charge in [0.2, 0.25) is 5.91 Å². The molecule has 0 radical (unpaired) electrons. The number of nitrogens with zero attached hydrogens (tertiary/aromatic N) is 2. The van der Waals surface area contributed by atoms with Gasteiger partial charge in [0.1, 0.15) is 0 Å². The SMILES string of the molecule is CC(C)N(Cc1ccc(N)cc1)C(C)C(=O)N(C)C. The summed E-state index contributed by atoms with van der Waals surface area (Å²) in [6.45, 7) is 6.92. The molecule has 1 aromatic carbocycles. The molecule has 106 valence electrons. The predicted molar refractivity (Wildman–Crippen MR) is 79.7 cm³/mol. The average molecular weight is 263 g/mol. The second kappa shape index (κ2) is 6.57. The van der Waals surface area contributed by atoms with Crippen molar-refractivity contribution < 1.29 is 4.79 Å². The van der Waals surface area contributed by atoms with Crippen LogP contribution in [-0.2, 0) is 11.3 Å². The van der Waals surface area contributed by atoms with Gasteiger partial charge in [-0.15, -0.1) is 0 Å². The molecular formula is C15H25N3O. The number of amides is 1. The van der Waals surface area contributed by atoms with Gasteiger partial charge in [-0.2, -0.15) is 0 Å². The molecule has 19 heavy (non-hydrogen) atoms. The van der Waals surface area contributed by atoms with E-state index < -0.39 is 0 Å². The highest BCUT2D eigenvalue weighted by molar-refractivity contribution is 5.81. The number of carbonyl (C=O) groups is 1. The van der Waals surface area contributed by atoms with E-state index in [-0.39, 0.29) is 11.9 Å². The van der Waals surface area contributed by atoms with Crippen molar-refractivity contribution in [3.05, 3.63) is 29.8 Å². The van der Waals surface area contributed by atoms with E-state index in [0.29, 0.717) is 6.04 Å². The minimum atomic E-state index is -0.132. The zero-order chi connectivity index (χ0) is 14.6. The Bertz CT molecular complexity index is 412. The van der Waals surface area contributed by atoms with E-state index in [1.165, 1.54) is 5.56 Å². The van der Waals surface area contributed by atoms with Crippen LogP contribution in [0.4, 0.5) is 5.69 Å². The fourth-order valence-electron chi connectivity index (χ4n) is 2.12. The molecule has 1 atom stereocenters. The summed E-state index contributed by atoms with van der Waals surface area (Å²) >= 11 is 0. The van der Waals surface area contributed by atoms with Crippen molar-refractivity contribution >= 4 is 11.6 Å². The molecule has 1 rings (SSSR count). The lowest BCUT2D eigenvalue weighted by Crippen LogP contribution is -2.47. The normalized spacial score (nSPS) is 12.8. The van der Waals surface area contributed by atoms with E-state index in [1.807, 2.05) is 31.2 Å². The zero-order valence-electron chi connectivity index (χ0n) is 12.6. The number of nitrogens with two attached hydrogens (primary N) is 1. The van der Waals surface area contributed by atoms with Gasteiger partial charge in [-0.25, -0.2) is 0 Å². The number of carbonyl (C=O) groups excluding carboxylic acids is 1. The number of nitrogen functional groups attached to an aromatic ring is 1. The minimum absolute atomic E-state index is 0.129. The van der Waals surface area contributed by atoms with Crippen LogP contribution in [0.5, 0.6) is 0 Å². The summed E-state index contributed by atoms with van der Waals surface area (Å²) in [6, 6.07) is 7.98. The molecule has 4 nitrogen and oxygen atoms in total. The molecule has 0 saturated carbocycles. The number of likely N-dealkylation sites (N-methyl/N-ethyl adjacent to an activating group) is 1. The number of hydrogen-bond acceptors (Lipinski definition) is 3. The molecule has 0 aliphatic heterocycles. The molecule has 0 heterocycles. The van der Waals surface area contributed by atoms with Crippen molar-refractivity contribution in [2.45, 2.75) is 39.4 Å². The van der Waals surface area contributed by atoms with Crippen LogP contribution in [-0.4, -0.2) is 41.9 Å². The van der Waals surface area contributed by atoms with E-state index in [0.717, 1.165) is 12.2 Å². The number of benzene rings is 1. The van der Waals surface area contributed by atoms with Gasteiger partial charge in [0.25, 0.3) is 0 Å². The lowest BCUT2D eigenvalue weighted by molar-refractivity contribution is -0.134. The van der Waals surface area contributed by atoms with Crippen molar-refractivity contribution in [1.29, 1.82) is 0 Å². The molecule has 0 aliphatic carbocycles. The van der Waals surface area contributed by atoms with Gasteiger partial charge in [-0.1, -0.05) is 12.1 Å². The van der Waals surface area contributed by atoms with Gasteiger partial charge < -0.3 is 10.6 Å². The van der Waals surface area contributed by atoms with Gasteiger partial charge >= 0.3 is 0 Å². The quantitative estimate of drug-likeness (QED) is 0.826. The number of rotatable bonds is 5. The van der Waals surface area contributed by atoms with Crippen LogP contribution in [0.1, 0.15) is 26.3 Å². The Labute approximate surface area is 116 Å². The molecule has 0 aromatic heterocycles. The van der Waals surface area contributed by atoms with Gasteiger partial charge in [-0.3, -0.25) is 9.69 Å². The average Bonchev–Trinajstić information content (AvgIpc) is 2.35. The van der Waals surface area contributed by atoms with Crippen molar-refractivity contribution in [3.63, 3.8) is 0 Å². The lowest BCUT2D eigenvalue weighted by atomic mass is 10.1. The third-order valence-corrected chi connectivity index (χ3v) is 3.30. The summed E-state index contributed by atoms with van der Waals surface area (Å²) in [4.78, 5) is 15.9. The molecule has 4 heteroatoms. The van der Waals surface area contributed by atoms with Crippen molar-refractivity contribution in [2.24, 2.45) is 0 Å². The molecule has 0 saturated heterocycles. The number of hydrogen-bond donors (Lipinski definition) is 1. The highest BCUT2D eigenvalue weighted by Crippen LogP contribution is 2.14. The first-order valence-electron chi connectivity index (χ1n) is 6.64. The highest BCUT2D eigenvalue weighted by atomic mass is 16.2. The summed E-state index contributed by atoms with van der Waals surface area (Å²) in [7, 11) is 3.58. The van der Waals surface area contributed by atoms with Gasteiger partial charge in [0.05, 0.1) is 6.04 Å². The molecule has 0 spiro atoms. The van der Waals surface area contributed by atoms with Crippen molar-refractivity contribution in [2.75, 3.05) is 19.8 Å². The first kappa shape index (κ1) is 15.5. The summed E-state index contributed by atoms with van der Waals surface area (Å²) in [5.41, 5.74) is 7.62. The molecule has 0 bridgehead atoms. The maximum atomic E-state index is 12.1. The summed E-state index contributed by atoms with van der Waals surface area (Å²) in [5.74, 6) is 0.129. The largest absolute Gasteiger partial charge is 0.399 e. The third-order valence-electron chi connectivity index (χ3n) is 3.30. The van der Waals surface area contributed by atoms with Crippen molar-refractivity contribution in [3.8, 4) is 0 Å². The fourth-order valence-corrected chi connectivity index (χ4v) is 2.12. The molecule has 1 unspecified atom stereocenters. The predicted octanol–water partition coefficient (Wildman–Crippen LogP) is 1.96. The zero-order valence-corrected chi connectivity index (χ0v) is 12.6. The van der Waals surface area contributed by atoms with Gasteiger partial charge in [0.15, 0.2) is 0 Å². The maximum Gasteiger partial charge on any atom is 0.239 e. The molecule has 1 aromatic rings. The third kappa shape index (κ3) is 4.24. The van der Waals surface area contributed by atoms with Gasteiger partial charge in [0, 0.05) is 32.4 Å². The Morgan fingerprint density at radius 2 is 1.68 bits per heavy atom. The van der Waals surface area contributed by atoms with E-state index in [1.54, 1.807) is 19.0 Å². The fraction of sp³-hybridized carbons (Fsp3) is 0.533. The molecular weight excluding hydrogens is 238 g/mol. The Kier molecular flexibility index (Phi) is 5.36. The van der Waals surface area contributed by atoms with E-state index >= 15 is 0 Å². The molecule has 0 aliphatic rings. The van der Waals surface area contributed by atoms with Crippen LogP contribution in [0, 0.1) is 0 Å². The molecule has 1 amide bonds. The van der Waals surface area contributed by atoms with Crippen LogP contribution in [0.25, 0.3) is 0 Å². The van der Waals surface area contributed by atoms with E-state index in [2.05, 4.69) is 18.7 Å². The lowest BCUT2D eigenvalue weighted by Gasteiger charge is -2.33. The van der Waals surface area contributed by atoms with Crippen molar-refractivity contribution in [1.82, 2.24) is 9.80 Å². The first-order chi connectivity index (χ1) is 8.82. The summed E-state index contributed by atoms with van der Waals surface area (Å²) < 4.78 is 0. The standard InChI is InChI=1S/C15H25N3O/c1-11(2)18(12(3)15(19)17(4)5)10-13-6-8-14(16)9-7-13/h6-9,11-12H,10,16H2,1-5H3. The minimum Gasteiger partial charge on any atom is -0.399 e. The van der Waals surface area contributed by atoms with Crippen LogP contribution in [0.15, 0.2) is 24.3 Å². The van der Waals surface area contributed by atoms with E-state index in [4.69, 9.17) is 5.73 Å². The van der Waals surface area contributed by atoms with Crippen LogP contribution in [0.3, 0.4) is 0 Å². The molecule has 0 fully saturated rings. The topological polar surface area (TPSA) is 49.6 Å². The van der Waals surface area contributed by atoms with Gasteiger partial charge in [-0.05, 0) is 38.5 Å². The monoisotopic (exact) mass is 263 g/mol. The highest BCUT2D eigenvalue weighted by Gasteiger charge is 2.24. The smallest absolute Gasteiger partial charge is 0.239 e. The number of anilines is 1. The summed E-state index contributed by atoms with van der Waals surface area (Å²) in [6.07, 6.45) is 0. The Hall–Kier alpha value is -1.55. The van der Waals surface area contributed by atoms with Crippen LogP contribution in [0.2, 0.25) is 0 Å². The van der Waals surface area contributed by atoms with Crippen LogP contribution >= 0.6 is 0 Å².